The fourth-order valence-electron chi connectivity index (χ4n) is 1.54. The molecule has 0 spiro atoms. The van der Waals surface area contributed by atoms with Gasteiger partial charge in [0.1, 0.15) is 0 Å². The molecule has 0 heterocycles. The van der Waals surface area contributed by atoms with Crippen LogP contribution in [0.1, 0.15) is 18.6 Å². The van der Waals surface area contributed by atoms with Crippen molar-refractivity contribution < 1.29 is 5.11 Å². The lowest BCUT2D eigenvalue weighted by Crippen LogP contribution is -2.40. The van der Waals surface area contributed by atoms with Gasteiger partial charge in [-0.15, -0.1) is 0 Å². The summed E-state index contributed by atoms with van der Waals surface area (Å²) in [6, 6.07) is 8.22. The molecule has 0 fully saturated rings. The highest BCUT2D eigenvalue weighted by Gasteiger charge is 2.20. The van der Waals surface area contributed by atoms with Crippen molar-refractivity contribution in [3.8, 4) is 0 Å². The van der Waals surface area contributed by atoms with Gasteiger partial charge < -0.3 is 5.11 Å². The van der Waals surface area contributed by atoms with Gasteiger partial charge in [-0.25, -0.2) is 0 Å². The molecule has 1 nitrogen and oxygen atoms in total. The number of hydrogen-bond donors (Lipinski definition) is 1. The van der Waals surface area contributed by atoms with E-state index in [1.807, 2.05) is 19.1 Å². The quantitative estimate of drug-likeness (QED) is 0.716. The highest BCUT2D eigenvalue weighted by molar-refractivity contribution is 6.89. The van der Waals surface area contributed by atoms with Crippen LogP contribution in [0.5, 0.6) is 0 Å². The molecular weight excluding hydrogens is 176 g/mol. The van der Waals surface area contributed by atoms with E-state index in [0.717, 1.165) is 5.56 Å². The topological polar surface area (TPSA) is 20.2 Å². The van der Waals surface area contributed by atoms with Gasteiger partial charge in [0.2, 0.25) is 0 Å². The number of aliphatic hydroxyl groups excluding tert-OH is 1. The van der Waals surface area contributed by atoms with Crippen molar-refractivity contribution in [3.05, 3.63) is 29.8 Å². The summed E-state index contributed by atoms with van der Waals surface area (Å²) in [7, 11) is -1.30. The SMILES string of the molecule is C[C@@H](O)c1ccccc1[Si](C)(C)C. The fraction of sp³-hybridized carbons (Fsp3) is 0.455. The zero-order chi connectivity index (χ0) is 10.1. The Morgan fingerprint density at radius 2 is 1.69 bits per heavy atom. The van der Waals surface area contributed by atoms with Gasteiger partial charge in [-0.2, -0.15) is 0 Å². The van der Waals surface area contributed by atoms with E-state index in [2.05, 4.69) is 31.8 Å². The van der Waals surface area contributed by atoms with Crippen LogP contribution < -0.4 is 5.19 Å². The monoisotopic (exact) mass is 194 g/mol. The van der Waals surface area contributed by atoms with Crippen LogP contribution in [0, 0.1) is 0 Å². The summed E-state index contributed by atoms with van der Waals surface area (Å²) in [5, 5.41) is 11.0. The summed E-state index contributed by atoms with van der Waals surface area (Å²) >= 11 is 0. The summed E-state index contributed by atoms with van der Waals surface area (Å²) in [5.74, 6) is 0. The molecule has 0 bridgehead atoms. The number of rotatable bonds is 2. The highest BCUT2D eigenvalue weighted by atomic mass is 28.3. The second-order valence-corrected chi connectivity index (χ2v) is 9.55. The van der Waals surface area contributed by atoms with Gasteiger partial charge in [0.05, 0.1) is 14.2 Å². The van der Waals surface area contributed by atoms with Gasteiger partial charge in [-0.1, -0.05) is 49.1 Å². The standard InChI is InChI=1S/C11H18OSi/c1-9(12)10-7-5-6-8-11(10)13(2,3)4/h5-9,12H,1-4H3/t9-/m1/s1. The van der Waals surface area contributed by atoms with E-state index in [4.69, 9.17) is 0 Å². The Hall–Kier alpha value is -0.603. The average molecular weight is 194 g/mol. The maximum absolute atomic E-state index is 9.59. The van der Waals surface area contributed by atoms with Gasteiger partial charge in [-0.05, 0) is 12.5 Å². The van der Waals surface area contributed by atoms with Gasteiger partial charge in [0.25, 0.3) is 0 Å². The second kappa shape index (κ2) is 3.64. The van der Waals surface area contributed by atoms with Crippen molar-refractivity contribution >= 4 is 13.3 Å². The lowest BCUT2D eigenvalue weighted by atomic mass is 10.1. The second-order valence-electron chi connectivity index (χ2n) is 4.51. The van der Waals surface area contributed by atoms with Crippen molar-refractivity contribution in [2.75, 3.05) is 0 Å². The average Bonchev–Trinajstić information content (AvgIpc) is 2.03. The van der Waals surface area contributed by atoms with E-state index < -0.39 is 8.07 Å². The van der Waals surface area contributed by atoms with E-state index in [1.165, 1.54) is 5.19 Å². The molecule has 2 heteroatoms. The van der Waals surface area contributed by atoms with Crippen LogP contribution in [-0.4, -0.2) is 13.2 Å². The summed E-state index contributed by atoms with van der Waals surface area (Å²) in [4.78, 5) is 0. The van der Waals surface area contributed by atoms with Crippen LogP contribution in [0.25, 0.3) is 0 Å². The number of hydrogen-bond acceptors (Lipinski definition) is 1. The first-order chi connectivity index (χ1) is 5.93. The maximum atomic E-state index is 9.59. The largest absolute Gasteiger partial charge is 0.389 e. The Bertz CT molecular complexity index is 286. The first-order valence-electron chi connectivity index (χ1n) is 4.70. The molecule has 0 saturated heterocycles. The molecule has 0 amide bonds. The van der Waals surface area contributed by atoms with Gasteiger partial charge in [0.15, 0.2) is 0 Å². The van der Waals surface area contributed by atoms with Crippen LogP contribution in [-0.2, 0) is 0 Å². The molecule has 1 aromatic carbocycles. The Labute approximate surface area is 81.4 Å². The van der Waals surface area contributed by atoms with E-state index in [9.17, 15) is 5.11 Å². The summed E-state index contributed by atoms with van der Waals surface area (Å²) in [6.45, 7) is 8.73. The lowest BCUT2D eigenvalue weighted by Gasteiger charge is -2.22. The molecule has 0 saturated carbocycles. The Kier molecular flexibility index (Phi) is 2.93. The lowest BCUT2D eigenvalue weighted by molar-refractivity contribution is 0.200. The Morgan fingerprint density at radius 3 is 2.08 bits per heavy atom. The number of benzene rings is 1. The predicted octanol–water partition coefficient (Wildman–Crippen LogP) is 2.29. The molecule has 0 aromatic heterocycles. The number of aliphatic hydroxyl groups is 1. The summed E-state index contributed by atoms with van der Waals surface area (Å²) in [6.07, 6.45) is -0.345. The van der Waals surface area contributed by atoms with Crippen molar-refractivity contribution in [1.29, 1.82) is 0 Å². The first kappa shape index (κ1) is 10.5. The van der Waals surface area contributed by atoms with Gasteiger partial charge in [0, 0.05) is 0 Å². The smallest absolute Gasteiger partial charge is 0.0780 e. The normalized spacial score (nSPS) is 14.2. The van der Waals surface area contributed by atoms with Gasteiger partial charge in [-0.3, -0.25) is 0 Å². The van der Waals surface area contributed by atoms with Crippen LogP contribution in [0.3, 0.4) is 0 Å². The zero-order valence-electron chi connectivity index (χ0n) is 8.83. The highest BCUT2D eigenvalue weighted by Crippen LogP contribution is 2.13. The first-order valence-corrected chi connectivity index (χ1v) is 8.20. The molecular formula is C11H18OSi. The Morgan fingerprint density at radius 1 is 1.15 bits per heavy atom. The van der Waals surface area contributed by atoms with Crippen LogP contribution in [0.15, 0.2) is 24.3 Å². The third-order valence-corrected chi connectivity index (χ3v) is 4.29. The van der Waals surface area contributed by atoms with Gasteiger partial charge >= 0.3 is 0 Å². The van der Waals surface area contributed by atoms with Crippen LogP contribution >= 0.6 is 0 Å². The third kappa shape index (κ3) is 2.42. The van der Waals surface area contributed by atoms with Crippen molar-refractivity contribution in [2.45, 2.75) is 32.7 Å². The summed E-state index contributed by atoms with van der Waals surface area (Å²) in [5.41, 5.74) is 1.10. The molecule has 0 radical (unpaired) electrons. The van der Waals surface area contributed by atoms with Crippen LogP contribution in [0.2, 0.25) is 19.6 Å². The minimum Gasteiger partial charge on any atom is -0.389 e. The van der Waals surface area contributed by atoms with Crippen molar-refractivity contribution in [2.24, 2.45) is 0 Å². The van der Waals surface area contributed by atoms with E-state index in [0.29, 0.717) is 0 Å². The molecule has 0 aliphatic heterocycles. The molecule has 0 unspecified atom stereocenters. The van der Waals surface area contributed by atoms with E-state index in [-0.39, 0.29) is 6.10 Å². The zero-order valence-corrected chi connectivity index (χ0v) is 9.83. The molecule has 13 heavy (non-hydrogen) atoms. The van der Waals surface area contributed by atoms with E-state index >= 15 is 0 Å². The molecule has 1 atom stereocenters. The third-order valence-electron chi connectivity index (χ3n) is 2.22. The van der Waals surface area contributed by atoms with Crippen molar-refractivity contribution in [3.63, 3.8) is 0 Å². The molecule has 1 aromatic rings. The molecule has 1 N–H and O–H groups in total. The fourth-order valence-corrected chi connectivity index (χ4v) is 3.30. The van der Waals surface area contributed by atoms with Crippen molar-refractivity contribution in [1.82, 2.24) is 0 Å². The van der Waals surface area contributed by atoms with Crippen LogP contribution in [0.4, 0.5) is 0 Å². The predicted molar refractivity (Wildman–Crippen MR) is 60.1 cm³/mol. The summed E-state index contributed by atoms with van der Waals surface area (Å²) < 4.78 is 0. The minimum atomic E-state index is -1.30. The minimum absolute atomic E-state index is 0.345. The Balaban J connectivity index is 3.20. The molecule has 1 rings (SSSR count). The maximum Gasteiger partial charge on any atom is 0.0780 e. The van der Waals surface area contributed by atoms with E-state index in [1.54, 1.807) is 0 Å². The molecule has 0 aliphatic carbocycles. The molecule has 0 aliphatic rings. The molecule has 72 valence electrons.